The molecule has 0 atom stereocenters. The lowest BCUT2D eigenvalue weighted by Gasteiger charge is -2.34. The molecule has 0 spiro atoms. The van der Waals surface area contributed by atoms with Crippen molar-refractivity contribution in [3.05, 3.63) is 162 Å². The van der Waals surface area contributed by atoms with Crippen LogP contribution in [0.2, 0.25) is 0 Å². The number of nitrogens with two attached hydrogens (primary N) is 1. The molecule has 1 aliphatic carbocycles. The highest BCUT2D eigenvalue weighted by atomic mass is 15.1. The number of allylic oxidation sites excluding steroid dienone is 2. The van der Waals surface area contributed by atoms with Gasteiger partial charge in [-0.25, -0.2) is 0 Å². The lowest BCUT2D eigenvalue weighted by atomic mass is 9.67. The Morgan fingerprint density at radius 3 is 1.89 bits per heavy atom. The van der Waals surface area contributed by atoms with Gasteiger partial charge in [0.1, 0.15) is 0 Å². The lowest BCUT2D eigenvalue weighted by molar-refractivity contribution is 0.537. The third-order valence-electron chi connectivity index (χ3n) is 7.01. The van der Waals surface area contributed by atoms with Crippen molar-refractivity contribution in [1.29, 1.82) is 0 Å². The second-order valence-corrected chi connectivity index (χ2v) is 8.92. The molecule has 2 N–H and O–H groups in total. The molecule has 0 bridgehead atoms. The van der Waals surface area contributed by atoms with E-state index >= 15 is 0 Å². The summed E-state index contributed by atoms with van der Waals surface area (Å²) in [6.45, 7) is 5.11. The Balaban J connectivity index is 1.62. The van der Waals surface area contributed by atoms with E-state index in [4.69, 9.17) is 5.73 Å². The van der Waals surface area contributed by atoms with Crippen LogP contribution in [0, 0.1) is 0 Å². The van der Waals surface area contributed by atoms with Gasteiger partial charge >= 0.3 is 0 Å². The molecule has 172 valence electrons. The minimum Gasteiger partial charge on any atom is -0.405 e. The molecule has 4 aromatic rings. The number of likely N-dealkylation sites (N-methyl/N-ethyl adjacent to an activating group) is 1. The van der Waals surface area contributed by atoms with Crippen LogP contribution in [0.5, 0.6) is 0 Å². The number of hydrogen-bond acceptors (Lipinski definition) is 2. The number of benzene rings is 4. The Bertz CT molecular complexity index is 1350. The quantitative estimate of drug-likeness (QED) is 0.269. The maximum Gasteiger partial charge on any atom is 0.0713 e. The largest absolute Gasteiger partial charge is 0.405 e. The van der Waals surface area contributed by atoms with Gasteiger partial charge in [0, 0.05) is 19.3 Å². The highest BCUT2D eigenvalue weighted by Crippen LogP contribution is 2.55. The van der Waals surface area contributed by atoms with E-state index < -0.39 is 0 Å². The predicted octanol–water partition coefficient (Wildman–Crippen LogP) is 6.98. The van der Waals surface area contributed by atoms with E-state index in [9.17, 15) is 0 Å². The Labute approximate surface area is 208 Å². The molecular formula is C33H30N2. The molecule has 0 fully saturated rings. The zero-order chi connectivity index (χ0) is 24.3. The van der Waals surface area contributed by atoms with Gasteiger partial charge in [0.25, 0.3) is 0 Å². The van der Waals surface area contributed by atoms with Gasteiger partial charge in [-0.2, -0.15) is 0 Å². The summed E-state index contributed by atoms with van der Waals surface area (Å²) in [6.07, 6.45) is 7.38. The van der Waals surface area contributed by atoms with Crippen molar-refractivity contribution < 1.29 is 0 Å². The molecule has 0 unspecified atom stereocenters. The molecule has 0 aliphatic heterocycles. The van der Waals surface area contributed by atoms with Crippen molar-refractivity contribution in [1.82, 2.24) is 4.90 Å². The zero-order valence-electron chi connectivity index (χ0n) is 20.1. The van der Waals surface area contributed by atoms with Crippen molar-refractivity contribution in [3.63, 3.8) is 0 Å². The first-order valence-corrected chi connectivity index (χ1v) is 12.0. The van der Waals surface area contributed by atoms with E-state index in [0.717, 1.165) is 17.8 Å². The van der Waals surface area contributed by atoms with Crippen LogP contribution in [0.1, 0.15) is 27.8 Å². The van der Waals surface area contributed by atoms with Gasteiger partial charge in [-0.3, -0.25) is 0 Å². The predicted molar refractivity (Wildman–Crippen MR) is 148 cm³/mol. The van der Waals surface area contributed by atoms with Gasteiger partial charge < -0.3 is 10.6 Å². The average Bonchev–Trinajstić information content (AvgIpc) is 3.22. The average molecular weight is 455 g/mol. The zero-order valence-corrected chi connectivity index (χ0v) is 20.1. The standard InChI is InChI=1S/C33H30N2/c1-25(35(2)24-12-4-11-23-34)26-19-21-28(22-20-26)33(27-13-5-3-6-14-27)31-17-9-7-15-29(31)30-16-8-10-18-32(30)33/h3-23H,1,24,34H2,2H3/b12-4-,23-11-. The summed E-state index contributed by atoms with van der Waals surface area (Å²) in [6, 6.07) is 37.5. The Hall–Kier alpha value is -4.30. The molecule has 4 aromatic carbocycles. The molecule has 0 radical (unpaired) electrons. The molecule has 1 aliphatic rings. The molecule has 5 rings (SSSR count). The van der Waals surface area contributed by atoms with Crippen LogP contribution in [-0.4, -0.2) is 18.5 Å². The van der Waals surface area contributed by atoms with E-state index in [-0.39, 0.29) is 5.41 Å². The van der Waals surface area contributed by atoms with E-state index in [1.807, 2.05) is 12.2 Å². The summed E-state index contributed by atoms with van der Waals surface area (Å²) in [5, 5.41) is 0. The number of hydrogen-bond donors (Lipinski definition) is 1. The highest BCUT2D eigenvalue weighted by Gasteiger charge is 2.45. The van der Waals surface area contributed by atoms with Gasteiger partial charge in [-0.1, -0.05) is 122 Å². The molecule has 0 saturated heterocycles. The molecule has 0 saturated carbocycles. The number of rotatable bonds is 7. The fourth-order valence-electron chi connectivity index (χ4n) is 5.32. The molecule has 35 heavy (non-hydrogen) atoms. The van der Waals surface area contributed by atoms with Crippen molar-refractivity contribution in [3.8, 4) is 11.1 Å². The summed E-state index contributed by atoms with van der Waals surface area (Å²) in [5.41, 5.74) is 14.9. The van der Waals surface area contributed by atoms with E-state index in [1.54, 1.807) is 0 Å². The second-order valence-electron chi connectivity index (χ2n) is 8.92. The molecule has 2 nitrogen and oxygen atoms in total. The molecular weight excluding hydrogens is 424 g/mol. The summed E-state index contributed by atoms with van der Waals surface area (Å²) >= 11 is 0. The Kier molecular flexibility index (Phi) is 6.12. The van der Waals surface area contributed by atoms with E-state index in [1.165, 1.54) is 39.6 Å². The van der Waals surface area contributed by atoms with Crippen LogP contribution in [-0.2, 0) is 5.41 Å². The summed E-state index contributed by atoms with van der Waals surface area (Å²) in [5.74, 6) is 0. The minimum absolute atomic E-state index is 0.364. The van der Waals surface area contributed by atoms with Crippen molar-refractivity contribution >= 4 is 5.70 Å². The van der Waals surface area contributed by atoms with Gasteiger partial charge in [0.15, 0.2) is 0 Å². The third kappa shape index (κ3) is 3.77. The monoisotopic (exact) mass is 454 g/mol. The van der Waals surface area contributed by atoms with E-state index in [0.29, 0.717) is 0 Å². The summed E-state index contributed by atoms with van der Waals surface area (Å²) in [7, 11) is 2.06. The van der Waals surface area contributed by atoms with Crippen LogP contribution in [0.3, 0.4) is 0 Å². The number of nitrogens with zero attached hydrogens (tertiary/aromatic N) is 1. The normalized spacial score (nSPS) is 13.6. The fourth-order valence-corrected chi connectivity index (χ4v) is 5.32. The van der Waals surface area contributed by atoms with Crippen molar-refractivity contribution in [2.24, 2.45) is 5.73 Å². The molecule has 0 aromatic heterocycles. The maximum atomic E-state index is 5.41. The Morgan fingerprint density at radius 2 is 1.29 bits per heavy atom. The number of fused-ring (bicyclic) bond motifs is 3. The minimum atomic E-state index is -0.364. The third-order valence-corrected chi connectivity index (χ3v) is 7.01. The smallest absolute Gasteiger partial charge is 0.0713 e. The van der Waals surface area contributed by atoms with Gasteiger partial charge in [0.2, 0.25) is 0 Å². The molecule has 0 heterocycles. The van der Waals surface area contributed by atoms with Gasteiger partial charge in [0.05, 0.1) is 5.41 Å². The summed E-state index contributed by atoms with van der Waals surface area (Å²) in [4.78, 5) is 2.14. The topological polar surface area (TPSA) is 29.3 Å². The second kappa shape index (κ2) is 9.52. The van der Waals surface area contributed by atoms with Crippen LogP contribution < -0.4 is 5.73 Å². The molecule has 2 heteroatoms. The van der Waals surface area contributed by atoms with Crippen molar-refractivity contribution in [2.75, 3.05) is 13.6 Å². The van der Waals surface area contributed by atoms with Crippen molar-refractivity contribution in [2.45, 2.75) is 5.41 Å². The summed E-state index contributed by atoms with van der Waals surface area (Å²) < 4.78 is 0. The van der Waals surface area contributed by atoms with Crippen LogP contribution in [0.15, 0.2) is 134 Å². The van der Waals surface area contributed by atoms with Crippen LogP contribution in [0.25, 0.3) is 16.8 Å². The molecule has 0 amide bonds. The highest BCUT2D eigenvalue weighted by molar-refractivity contribution is 5.86. The van der Waals surface area contributed by atoms with Gasteiger partial charge in [-0.15, -0.1) is 0 Å². The van der Waals surface area contributed by atoms with E-state index in [2.05, 4.69) is 128 Å². The van der Waals surface area contributed by atoms with Crippen LogP contribution >= 0.6 is 0 Å². The Morgan fingerprint density at radius 1 is 0.743 bits per heavy atom. The first-order valence-electron chi connectivity index (χ1n) is 12.0. The SMILES string of the molecule is C=C(c1ccc(C2(c3ccccc3)c3ccccc3-c3ccccc32)cc1)N(C)C/C=C\C=C/N. The maximum absolute atomic E-state index is 5.41. The first-order chi connectivity index (χ1) is 17.2. The first kappa shape index (κ1) is 22.5. The van der Waals surface area contributed by atoms with Crippen LogP contribution in [0.4, 0.5) is 0 Å². The fraction of sp³-hybridized carbons (Fsp3) is 0.0909. The van der Waals surface area contributed by atoms with Gasteiger partial charge in [-0.05, 0) is 51.2 Å². The lowest BCUT2D eigenvalue weighted by Crippen LogP contribution is -2.28.